The summed E-state index contributed by atoms with van der Waals surface area (Å²) >= 11 is 11.9. The van der Waals surface area contributed by atoms with E-state index in [0.29, 0.717) is 23.8 Å². The van der Waals surface area contributed by atoms with Crippen molar-refractivity contribution in [3.05, 3.63) is 0 Å². The molecule has 0 aliphatic rings. The van der Waals surface area contributed by atoms with Gasteiger partial charge in [-0.05, 0) is 39.0 Å². The number of nitrogens with zero attached hydrogens (tertiary/aromatic N) is 2. The van der Waals surface area contributed by atoms with Crippen LogP contribution in [0.3, 0.4) is 0 Å². The SMILES string of the molecule is CCN(CC)C(CCCl)COCC(CCCl)N(CC)CC. The number of halogens is 2. The lowest BCUT2D eigenvalue weighted by molar-refractivity contribution is 0.0244. The first kappa shape index (κ1) is 21.5. The van der Waals surface area contributed by atoms with Crippen LogP contribution in [0.15, 0.2) is 0 Å². The highest BCUT2D eigenvalue weighted by molar-refractivity contribution is 6.18. The average molecular weight is 341 g/mol. The molecule has 0 amide bonds. The van der Waals surface area contributed by atoms with Crippen molar-refractivity contribution in [2.75, 3.05) is 51.2 Å². The number of hydrogen-bond acceptors (Lipinski definition) is 3. The van der Waals surface area contributed by atoms with Gasteiger partial charge in [0.1, 0.15) is 0 Å². The molecule has 0 spiro atoms. The summed E-state index contributed by atoms with van der Waals surface area (Å²) in [4.78, 5) is 4.85. The minimum Gasteiger partial charge on any atom is -0.378 e. The van der Waals surface area contributed by atoms with Gasteiger partial charge in [0.05, 0.1) is 13.2 Å². The molecule has 0 aromatic carbocycles. The molecular weight excluding hydrogens is 307 g/mol. The fraction of sp³-hybridized carbons (Fsp3) is 1.00. The van der Waals surface area contributed by atoms with Gasteiger partial charge in [-0.2, -0.15) is 0 Å². The third-order valence-corrected chi connectivity index (χ3v) is 4.60. The maximum Gasteiger partial charge on any atom is 0.0623 e. The second-order valence-corrected chi connectivity index (χ2v) is 6.00. The zero-order valence-electron chi connectivity index (χ0n) is 14.3. The fourth-order valence-corrected chi connectivity index (χ4v) is 3.32. The van der Waals surface area contributed by atoms with Crippen LogP contribution in [-0.4, -0.2) is 73.0 Å². The number of rotatable bonds is 14. The summed E-state index contributed by atoms with van der Waals surface area (Å²) in [5, 5.41) is 0. The van der Waals surface area contributed by atoms with Gasteiger partial charge in [0.15, 0.2) is 0 Å². The summed E-state index contributed by atoms with van der Waals surface area (Å²) < 4.78 is 6.03. The monoisotopic (exact) mass is 340 g/mol. The maximum atomic E-state index is 6.03. The molecular formula is C16H34Cl2N2O. The van der Waals surface area contributed by atoms with Crippen LogP contribution in [-0.2, 0) is 4.74 Å². The summed E-state index contributed by atoms with van der Waals surface area (Å²) in [5.41, 5.74) is 0. The Morgan fingerprint density at radius 2 is 1.05 bits per heavy atom. The Labute approximate surface area is 141 Å². The summed E-state index contributed by atoms with van der Waals surface area (Å²) in [6, 6.07) is 0.844. The lowest BCUT2D eigenvalue weighted by Gasteiger charge is -2.32. The third kappa shape index (κ3) is 8.61. The summed E-state index contributed by atoms with van der Waals surface area (Å²) in [6.45, 7) is 14.5. The highest BCUT2D eigenvalue weighted by Gasteiger charge is 2.19. The van der Waals surface area contributed by atoms with Crippen LogP contribution in [0, 0.1) is 0 Å². The fourth-order valence-electron chi connectivity index (χ4n) is 2.81. The second-order valence-electron chi connectivity index (χ2n) is 5.24. The quantitative estimate of drug-likeness (QED) is 0.448. The molecule has 0 heterocycles. The molecule has 21 heavy (non-hydrogen) atoms. The van der Waals surface area contributed by atoms with Gasteiger partial charge in [-0.25, -0.2) is 0 Å². The lowest BCUT2D eigenvalue weighted by Crippen LogP contribution is -2.42. The van der Waals surface area contributed by atoms with Crippen molar-refractivity contribution in [1.29, 1.82) is 0 Å². The van der Waals surface area contributed by atoms with E-state index in [2.05, 4.69) is 37.5 Å². The highest BCUT2D eigenvalue weighted by Crippen LogP contribution is 2.10. The van der Waals surface area contributed by atoms with Crippen molar-refractivity contribution in [2.45, 2.75) is 52.6 Å². The Morgan fingerprint density at radius 1 is 0.714 bits per heavy atom. The Kier molecular flexibility index (Phi) is 14.4. The lowest BCUT2D eigenvalue weighted by atomic mass is 10.2. The average Bonchev–Trinajstić information content (AvgIpc) is 2.49. The van der Waals surface area contributed by atoms with Crippen molar-refractivity contribution in [3.63, 3.8) is 0 Å². The van der Waals surface area contributed by atoms with E-state index in [1.54, 1.807) is 0 Å². The van der Waals surface area contributed by atoms with Crippen LogP contribution in [0.2, 0.25) is 0 Å². The first-order chi connectivity index (χ1) is 10.2. The molecule has 5 heteroatoms. The van der Waals surface area contributed by atoms with Crippen molar-refractivity contribution >= 4 is 23.2 Å². The van der Waals surface area contributed by atoms with Crippen LogP contribution in [0.1, 0.15) is 40.5 Å². The predicted octanol–water partition coefficient (Wildman–Crippen LogP) is 3.68. The van der Waals surface area contributed by atoms with E-state index < -0.39 is 0 Å². The molecule has 0 aromatic heterocycles. The van der Waals surface area contributed by atoms with Crippen LogP contribution >= 0.6 is 23.2 Å². The van der Waals surface area contributed by atoms with Gasteiger partial charge in [-0.1, -0.05) is 27.7 Å². The molecule has 0 aliphatic heterocycles. The van der Waals surface area contributed by atoms with Gasteiger partial charge in [0, 0.05) is 23.8 Å². The molecule has 128 valence electrons. The molecule has 2 atom stereocenters. The molecule has 0 aliphatic carbocycles. The first-order valence-corrected chi connectivity index (χ1v) is 9.42. The van der Waals surface area contributed by atoms with Gasteiger partial charge >= 0.3 is 0 Å². The smallest absolute Gasteiger partial charge is 0.0623 e. The van der Waals surface area contributed by atoms with E-state index in [1.807, 2.05) is 0 Å². The van der Waals surface area contributed by atoms with Crippen molar-refractivity contribution < 1.29 is 4.74 Å². The van der Waals surface area contributed by atoms with Crippen LogP contribution in [0.4, 0.5) is 0 Å². The highest BCUT2D eigenvalue weighted by atomic mass is 35.5. The normalized spacial score (nSPS) is 14.9. The number of hydrogen-bond donors (Lipinski definition) is 0. The number of likely N-dealkylation sites (N-methyl/N-ethyl adjacent to an activating group) is 2. The molecule has 0 bridgehead atoms. The molecule has 2 unspecified atom stereocenters. The molecule has 0 rings (SSSR count). The molecule has 0 N–H and O–H groups in total. The Morgan fingerprint density at radius 3 is 1.29 bits per heavy atom. The van der Waals surface area contributed by atoms with E-state index in [9.17, 15) is 0 Å². The second kappa shape index (κ2) is 14.1. The van der Waals surface area contributed by atoms with E-state index in [0.717, 1.165) is 52.2 Å². The summed E-state index contributed by atoms with van der Waals surface area (Å²) in [5.74, 6) is 1.37. The largest absolute Gasteiger partial charge is 0.378 e. The van der Waals surface area contributed by atoms with Crippen LogP contribution in [0.25, 0.3) is 0 Å². The molecule has 0 saturated carbocycles. The van der Waals surface area contributed by atoms with E-state index in [1.165, 1.54) is 0 Å². The number of alkyl halides is 2. The Hall–Kier alpha value is 0.460. The first-order valence-electron chi connectivity index (χ1n) is 8.35. The van der Waals surface area contributed by atoms with Crippen LogP contribution in [0.5, 0.6) is 0 Å². The summed E-state index contributed by atoms with van der Waals surface area (Å²) in [6.07, 6.45) is 1.96. The van der Waals surface area contributed by atoms with E-state index in [4.69, 9.17) is 27.9 Å². The van der Waals surface area contributed by atoms with Crippen LogP contribution < -0.4 is 0 Å². The molecule has 0 radical (unpaired) electrons. The molecule has 3 nitrogen and oxygen atoms in total. The zero-order chi connectivity index (χ0) is 16.1. The van der Waals surface area contributed by atoms with E-state index in [-0.39, 0.29) is 0 Å². The van der Waals surface area contributed by atoms with Gasteiger partial charge in [-0.3, -0.25) is 9.80 Å². The maximum absolute atomic E-state index is 6.03. The molecule has 0 aromatic rings. The number of ether oxygens (including phenoxy) is 1. The Balaban J connectivity index is 4.36. The third-order valence-electron chi connectivity index (χ3n) is 4.16. The van der Waals surface area contributed by atoms with Crippen molar-refractivity contribution in [3.8, 4) is 0 Å². The predicted molar refractivity (Wildman–Crippen MR) is 94.9 cm³/mol. The van der Waals surface area contributed by atoms with E-state index >= 15 is 0 Å². The summed E-state index contributed by atoms with van der Waals surface area (Å²) in [7, 11) is 0. The topological polar surface area (TPSA) is 15.7 Å². The van der Waals surface area contributed by atoms with Crippen molar-refractivity contribution in [1.82, 2.24) is 9.80 Å². The van der Waals surface area contributed by atoms with Crippen molar-refractivity contribution in [2.24, 2.45) is 0 Å². The minimum absolute atomic E-state index is 0.422. The molecule has 0 saturated heterocycles. The zero-order valence-corrected chi connectivity index (χ0v) is 15.8. The Bertz CT molecular complexity index is 202. The molecule has 0 fully saturated rings. The van der Waals surface area contributed by atoms with Gasteiger partial charge in [0.25, 0.3) is 0 Å². The van der Waals surface area contributed by atoms with Gasteiger partial charge in [-0.15, -0.1) is 23.2 Å². The standard InChI is InChI=1S/C16H34Cl2N2O/c1-5-19(6-2)15(9-11-17)13-21-14-16(10-12-18)20(7-3)8-4/h15-16H,5-14H2,1-4H3. The minimum atomic E-state index is 0.422. The van der Waals surface area contributed by atoms with Gasteiger partial charge < -0.3 is 4.74 Å². The van der Waals surface area contributed by atoms with Gasteiger partial charge in [0.2, 0.25) is 0 Å².